The quantitative estimate of drug-likeness (QED) is 0.664. The van der Waals surface area contributed by atoms with Crippen LogP contribution in [0.1, 0.15) is 17.0 Å². The summed E-state index contributed by atoms with van der Waals surface area (Å²) in [6.07, 6.45) is 4.64. The van der Waals surface area contributed by atoms with Crippen LogP contribution in [0.3, 0.4) is 0 Å². The third-order valence-corrected chi connectivity index (χ3v) is 5.36. The van der Waals surface area contributed by atoms with E-state index in [1.165, 1.54) is 0 Å². The molecule has 1 aromatic carbocycles. The molecule has 1 aliphatic rings. The number of hydrazone groups is 1. The normalized spacial score (nSPS) is 18.4. The van der Waals surface area contributed by atoms with Crippen LogP contribution in [0.25, 0.3) is 11.8 Å². The molecule has 0 aliphatic carbocycles. The largest absolute Gasteiger partial charge is 0.316 e. The molecule has 4 rings (SSSR count). The molecule has 0 fully saturated rings. The molecular weight excluding hydrogens is 386 g/mol. The fourth-order valence-corrected chi connectivity index (χ4v) is 3.85. The molecule has 31 heavy (non-hydrogen) atoms. The Morgan fingerprint density at radius 3 is 2.48 bits per heavy atom. The van der Waals surface area contributed by atoms with Gasteiger partial charge in [0.2, 0.25) is 0 Å². The van der Waals surface area contributed by atoms with Crippen LogP contribution in [0, 0.1) is 42.4 Å². The van der Waals surface area contributed by atoms with Crippen molar-refractivity contribution in [1.82, 2.24) is 9.55 Å². The molecular formula is C24H21N7. The van der Waals surface area contributed by atoms with Gasteiger partial charge in [-0.05, 0) is 55.8 Å². The number of rotatable bonds is 4. The Kier molecular flexibility index (Phi) is 5.36. The maximum atomic E-state index is 9.90. The topological polar surface area (TPSA) is 107 Å². The summed E-state index contributed by atoms with van der Waals surface area (Å²) in [7, 11) is 0. The van der Waals surface area contributed by atoms with Crippen molar-refractivity contribution in [3.05, 3.63) is 83.4 Å². The summed E-state index contributed by atoms with van der Waals surface area (Å²) >= 11 is 0. The minimum atomic E-state index is -0.715. The molecule has 0 unspecified atom stereocenters. The molecule has 152 valence electrons. The average Bonchev–Trinajstić information content (AvgIpc) is 3.28. The third-order valence-electron chi connectivity index (χ3n) is 5.36. The fraction of sp³-hybridized carbons (Fsp3) is 0.167. The van der Waals surface area contributed by atoms with Gasteiger partial charge in [0.1, 0.15) is 18.2 Å². The first-order chi connectivity index (χ1) is 15.0. The van der Waals surface area contributed by atoms with Crippen molar-refractivity contribution in [2.45, 2.75) is 20.0 Å². The zero-order valence-corrected chi connectivity index (χ0v) is 17.3. The van der Waals surface area contributed by atoms with Crippen molar-refractivity contribution >= 4 is 17.5 Å². The maximum Gasteiger partial charge on any atom is 0.127 e. The summed E-state index contributed by atoms with van der Waals surface area (Å²) in [4.78, 5) is 4.20. The first-order valence-electron chi connectivity index (χ1n) is 9.84. The predicted molar refractivity (Wildman–Crippen MR) is 120 cm³/mol. The average molecular weight is 407 g/mol. The van der Waals surface area contributed by atoms with E-state index < -0.39 is 12.1 Å². The molecule has 0 radical (unpaired) electrons. The van der Waals surface area contributed by atoms with Gasteiger partial charge in [0.25, 0.3) is 0 Å². The number of nitriles is 2. The van der Waals surface area contributed by atoms with Crippen molar-refractivity contribution in [2.24, 2.45) is 16.8 Å². The lowest BCUT2D eigenvalue weighted by Gasteiger charge is -2.21. The molecule has 1 aliphatic heterocycles. The number of hydrogen-bond donors (Lipinski definition) is 1. The number of nitrogens with zero attached hydrogens (tertiary/aromatic N) is 6. The van der Waals surface area contributed by atoms with Gasteiger partial charge in [-0.1, -0.05) is 18.2 Å². The molecule has 3 heterocycles. The van der Waals surface area contributed by atoms with Crippen LogP contribution in [0.15, 0.2) is 71.6 Å². The Morgan fingerprint density at radius 1 is 1.10 bits per heavy atom. The Bertz CT molecular complexity index is 1240. The van der Waals surface area contributed by atoms with Crippen LogP contribution in [0.2, 0.25) is 0 Å². The number of anilines is 1. The van der Waals surface area contributed by atoms with Gasteiger partial charge in [0.15, 0.2) is 0 Å². The van der Waals surface area contributed by atoms with Gasteiger partial charge in [-0.2, -0.15) is 15.6 Å². The Balaban J connectivity index is 1.77. The van der Waals surface area contributed by atoms with Gasteiger partial charge < -0.3 is 10.3 Å². The second-order valence-corrected chi connectivity index (χ2v) is 7.31. The smallest absolute Gasteiger partial charge is 0.127 e. The highest BCUT2D eigenvalue weighted by Gasteiger charge is 2.37. The van der Waals surface area contributed by atoms with Crippen LogP contribution in [0.4, 0.5) is 5.69 Å². The number of aromatic nitrogens is 2. The number of hydrogen-bond acceptors (Lipinski definition) is 6. The van der Waals surface area contributed by atoms with Gasteiger partial charge in [-0.15, -0.1) is 0 Å². The highest BCUT2D eigenvalue weighted by Crippen LogP contribution is 2.30. The lowest BCUT2D eigenvalue weighted by molar-refractivity contribution is 0.624. The highest BCUT2D eigenvalue weighted by molar-refractivity contribution is 6.11. The predicted octanol–water partition coefficient (Wildman–Crippen LogP) is 3.70. The van der Waals surface area contributed by atoms with Crippen molar-refractivity contribution in [3.63, 3.8) is 0 Å². The van der Waals surface area contributed by atoms with Crippen LogP contribution in [-0.2, 0) is 0 Å². The van der Waals surface area contributed by atoms with Crippen LogP contribution < -0.4 is 10.7 Å². The maximum absolute atomic E-state index is 9.90. The summed E-state index contributed by atoms with van der Waals surface area (Å²) in [6.45, 7) is 3.99. The highest BCUT2D eigenvalue weighted by atomic mass is 15.5. The molecule has 0 saturated heterocycles. The molecule has 0 saturated carbocycles. The SMILES string of the molecule is Cc1cc(/C=C(/C#N)C2=NN(c3ccccc3)[C@@H](N)[C@@H]2C#N)c(C)n1-c1cccnc1. The minimum absolute atomic E-state index is 0.326. The molecule has 2 N–H and O–H groups in total. The zero-order valence-electron chi connectivity index (χ0n) is 17.3. The molecule has 2 atom stereocenters. The Hall–Kier alpha value is -4.20. The second-order valence-electron chi connectivity index (χ2n) is 7.31. The summed E-state index contributed by atoms with van der Waals surface area (Å²) < 4.78 is 2.08. The van der Waals surface area contributed by atoms with Crippen molar-refractivity contribution in [3.8, 4) is 17.8 Å². The van der Waals surface area contributed by atoms with E-state index >= 15 is 0 Å². The summed E-state index contributed by atoms with van der Waals surface area (Å²) in [5.41, 5.74) is 11.6. The number of benzene rings is 1. The Labute approximate surface area is 181 Å². The molecule has 0 spiro atoms. The number of para-hydroxylation sites is 1. The molecule has 2 aromatic heterocycles. The second kappa shape index (κ2) is 8.27. The van der Waals surface area contributed by atoms with Crippen LogP contribution in [0.5, 0.6) is 0 Å². The van der Waals surface area contributed by atoms with E-state index in [1.807, 2.05) is 62.4 Å². The van der Waals surface area contributed by atoms with E-state index in [2.05, 4.69) is 26.8 Å². The van der Waals surface area contributed by atoms with Crippen LogP contribution >= 0.6 is 0 Å². The zero-order chi connectivity index (χ0) is 22.0. The summed E-state index contributed by atoms with van der Waals surface area (Å²) in [5.74, 6) is -0.715. The van der Waals surface area contributed by atoms with Gasteiger partial charge in [0.05, 0.1) is 34.9 Å². The van der Waals surface area contributed by atoms with Gasteiger partial charge in [0, 0.05) is 17.6 Å². The van der Waals surface area contributed by atoms with Gasteiger partial charge >= 0.3 is 0 Å². The van der Waals surface area contributed by atoms with Crippen LogP contribution in [-0.4, -0.2) is 21.4 Å². The van der Waals surface area contributed by atoms with Crippen molar-refractivity contribution in [2.75, 3.05) is 5.01 Å². The number of pyridine rings is 1. The van der Waals surface area contributed by atoms with E-state index in [9.17, 15) is 10.5 Å². The lowest BCUT2D eigenvalue weighted by Crippen LogP contribution is -2.40. The number of allylic oxidation sites excluding steroid dienone is 1. The van der Waals surface area contributed by atoms with E-state index in [1.54, 1.807) is 23.5 Å². The molecule has 0 bridgehead atoms. The van der Waals surface area contributed by atoms with E-state index in [-0.39, 0.29) is 0 Å². The van der Waals surface area contributed by atoms with Crippen molar-refractivity contribution < 1.29 is 0 Å². The van der Waals surface area contributed by atoms with Gasteiger partial charge in [-0.25, -0.2) is 5.01 Å². The number of aryl methyl sites for hydroxylation is 1. The number of nitrogens with two attached hydrogens (primary N) is 1. The molecule has 0 amide bonds. The third kappa shape index (κ3) is 3.59. The first-order valence-corrected chi connectivity index (χ1v) is 9.84. The molecule has 7 nitrogen and oxygen atoms in total. The minimum Gasteiger partial charge on any atom is -0.316 e. The monoisotopic (exact) mass is 407 g/mol. The van der Waals surface area contributed by atoms with Gasteiger partial charge in [-0.3, -0.25) is 4.98 Å². The van der Waals surface area contributed by atoms with E-state index in [4.69, 9.17) is 5.73 Å². The standard InChI is InChI=1S/C24H21N7/c1-16-11-18(17(2)30(16)21-9-6-10-28-15-21)12-19(13-25)23-22(14-26)24(27)31(29-23)20-7-4-3-5-8-20/h3-12,15,22,24H,27H2,1-2H3/b19-12-/t22-,24-/m1/s1. The summed E-state index contributed by atoms with van der Waals surface area (Å²) in [5, 5.41) is 25.8. The Morgan fingerprint density at radius 2 is 1.84 bits per heavy atom. The van der Waals surface area contributed by atoms with Crippen molar-refractivity contribution in [1.29, 1.82) is 10.5 Å². The van der Waals surface area contributed by atoms with E-state index in [0.717, 1.165) is 28.3 Å². The summed E-state index contributed by atoms with van der Waals surface area (Å²) in [6, 6.07) is 19.7. The molecule has 7 heteroatoms. The van der Waals surface area contributed by atoms with E-state index in [0.29, 0.717) is 11.3 Å². The molecule has 3 aromatic rings. The fourth-order valence-electron chi connectivity index (χ4n) is 3.85. The lowest BCUT2D eigenvalue weighted by atomic mass is 9.95. The first kappa shape index (κ1) is 20.1.